The average Bonchev–Trinajstić information content (AvgIpc) is 2.63. The Kier molecular flexibility index (Phi) is 15.3. The Morgan fingerprint density at radius 1 is 1.15 bits per heavy atom. The molecule has 2 N–H and O–H groups in total. The van der Waals surface area contributed by atoms with E-state index in [9.17, 15) is 0 Å². The third-order valence-electron chi connectivity index (χ3n) is 3.86. The standard InChI is InChI=1S/C20H36N4O2.HI/c1-17(2)16-26-19-9-7-18(8-10-19)15-23-20(21-3)22-11-13-24(4)12-6-14-25-5;/h7-10,17H,6,11-16H2,1-5H3,(H2,21,22,23);1H. The molecule has 0 atom stereocenters. The van der Waals surface area contributed by atoms with Crippen LogP contribution in [0.25, 0.3) is 0 Å². The highest BCUT2D eigenvalue weighted by Gasteiger charge is 2.02. The Bertz CT molecular complexity index is 509. The molecule has 1 rings (SSSR count). The van der Waals surface area contributed by atoms with Crippen LogP contribution in [0.15, 0.2) is 29.3 Å². The van der Waals surface area contributed by atoms with Gasteiger partial charge >= 0.3 is 0 Å². The van der Waals surface area contributed by atoms with E-state index in [4.69, 9.17) is 9.47 Å². The number of likely N-dealkylation sites (N-methyl/N-ethyl adjacent to an activating group) is 1. The van der Waals surface area contributed by atoms with E-state index in [0.29, 0.717) is 5.92 Å². The number of nitrogens with zero attached hydrogens (tertiary/aromatic N) is 2. The van der Waals surface area contributed by atoms with E-state index in [1.165, 1.54) is 5.56 Å². The molecule has 0 aromatic heterocycles. The summed E-state index contributed by atoms with van der Waals surface area (Å²) in [6.07, 6.45) is 1.05. The van der Waals surface area contributed by atoms with Crippen LogP contribution in [0.2, 0.25) is 0 Å². The van der Waals surface area contributed by atoms with Gasteiger partial charge in [-0.25, -0.2) is 0 Å². The Hall–Kier alpha value is -1.06. The number of benzene rings is 1. The number of halogens is 1. The Morgan fingerprint density at radius 3 is 2.44 bits per heavy atom. The maximum Gasteiger partial charge on any atom is 0.191 e. The minimum atomic E-state index is 0. The Balaban J connectivity index is 0.00000676. The molecule has 0 saturated carbocycles. The zero-order chi connectivity index (χ0) is 19.2. The van der Waals surface area contributed by atoms with Crippen LogP contribution < -0.4 is 15.4 Å². The number of guanidine groups is 1. The quantitative estimate of drug-likeness (QED) is 0.203. The molecule has 7 heteroatoms. The third-order valence-corrected chi connectivity index (χ3v) is 3.86. The molecule has 0 unspecified atom stereocenters. The number of hydrogen-bond donors (Lipinski definition) is 2. The van der Waals surface area contributed by atoms with E-state index in [0.717, 1.165) is 57.5 Å². The first kappa shape index (κ1) is 25.9. The monoisotopic (exact) mass is 492 g/mol. The lowest BCUT2D eigenvalue weighted by Gasteiger charge is -2.18. The molecule has 0 bridgehead atoms. The molecule has 0 fully saturated rings. The van der Waals surface area contributed by atoms with E-state index in [2.05, 4.69) is 53.6 Å². The van der Waals surface area contributed by atoms with Crippen molar-refractivity contribution in [3.63, 3.8) is 0 Å². The molecule has 0 heterocycles. The van der Waals surface area contributed by atoms with Gasteiger partial charge in [0.15, 0.2) is 5.96 Å². The fraction of sp³-hybridized carbons (Fsp3) is 0.650. The van der Waals surface area contributed by atoms with Crippen molar-refractivity contribution >= 4 is 29.9 Å². The maximum atomic E-state index is 5.71. The van der Waals surface area contributed by atoms with Crippen LogP contribution in [0, 0.1) is 5.92 Å². The van der Waals surface area contributed by atoms with Crippen LogP contribution in [0.5, 0.6) is 5.75 Å². The highest BCUT2D eigenvalue weighted by atomic mass is 127. The SMILES string of the molecule is CN=C(NCCN(C)CCCOC)NCc1ccc(OCC(C)C)cc1.I. The first-order valence-electron chi connectivity index (χ1n) is 9.39. The molecule has 0 aliphatic carbocycles. The summed E-state index contributed by atoms with van der Waals surface area (Å²) < 4.78 is 10.8. The largest absolute Gasteiger partial charge is 0.493 e. The highest BCUT2D eigenvalue weighted by Crippen LogP contribution is 2.13. The summed E-state index contributed by atoms with van der Waals surface area (Å²) in [6.45, 7) is 9.43. The summed E-state index contributed by atoms with van der Waals surface area (Å²) in [6, 6.07) is 8.20. The lowest BCUT2D eigenvalue weighted by molar-refractivity contribution is 0.180. The third kappa shape index (κ3) is 12.9. The molecular formula is C20H37IN4O2. The molecule has 0 saturated heterocycles. The molecule has 27 heavy (non-hydrogen) atoms. The topological polar surface area (TPSA) is 58.1 Å². The van der Waals surface area contributed by atoms with Gasteiger partial charge in [0.05, 0.1) is 6.61 Å². The molecule has 1 aromatic carbocycles. The summed E-state index contributed by atoms with van der Waals surface area (Å²) in [7, 11) is 5.65. The lowest BCUT2D eigenvalue weighted by Crippen LogP contribution is -2.40. The first-order valence-corrected chi connectivity index (χ1v) is 9.39. The minimum absolute atomic E-state index is 0. The summed E-state index contributed by atoms with van der Waals surface area (Å²) >= 11 is 0. The molecule has 1 aromatic rings. The molecule has 0 radical (unpaired) electrons. The summed E-state index contributed by atoms with van der Waals surface area (Å²) in [5.74, 6) is 2.27. The Labute approximate surface area is 182 Å². The van der Waals surface area contributed by atoms with E-state index < -0.39 is 0 Å². The normalized spacial score (nSPS) is 11.4. The summed E-state index contributed by atoms with van der Waals surface area (Å²) in [5.41, 5.74) is 1.20. The molecule has 0 aliphatic rings. The molecular weight excluding hydrogens is 455 g/mol. The smallest absolute Gasteiger partial charge is 0.191 e. The average molecular weight is 492 g/mol. The van der Waals surface area contributed by atoms with Gasteiger partial charge < -0.3 is 25.0 Å². The maximum absolute atomic E-state index is 5.71. The van der Waals surface area contributed by atoms with Crippen LogP contribution in [0.3, 0.4) is 0 Å². The van der Waals surface area contributed by atoms with Crippen molar-refractivity contribution in [3.05, 3.63) is 29.8 Å². The molecule has 0 spiro atoms. The second-order valence-corrected chi connectivity index (χ2v) is 6.85. The zero-order valence-corrected chi connectivity index (χ0v) is 19.8. The van der Waals surface area contributed by atoms with Crippen LogP contribution in [-0.4, -0.2) is 64.9 Å². The number of methoxy groups -OCH3 is 1. The van der Waals surface area contributed by atoms with Gasteiger partial charge in [-0.3, -0.25) is 4.99 Å². The van der Waals surface area contributed by atoms with Gasteiger partial charge in [0.25, 0.3) is 0 Å². The second-order valence-electron chi connectivity index (χ2n) is 6.85. The predicted molar refractivity (Wildman–Crippen MR) is 124 cm³/mol. The van der Waals surface area contributed by atoms with Crippen LogP contribution >= 0.6 is 24.0 Å². The van der Waals surface area contributed by atoms with Crippen molar-refractivity contribution in [3.8, 4) is 5.75 Å². The van der Waals surface area contributed by atoms with E-state index in [1.807, 2.05) is 12.1 Å². The fourth-order valence-electron chi connectivity index (χ4n) is 2.33. The van der Waals surface area contributed by atoms with Gasteiger partial charge in [-0.15, -0.1) is 24.0 Å². The molecule has 0 aliphatic heterocycles. The number of nitrogens with one attached hydrogen (secondary N) is 2. The van der Waals surface area contributed by atoms with Crippen molar-refractivity contribution in [2.75, 3.05) is 54.1 Å². The number of rotatable bonds is 12. The van der Waals surface area contributed by atoms with Gasteiger partial charge in [-0.1, -0.05) is 26.0 Å². The van der Waals surface area contributed by atoms with Crippen molar-refractivity contribution in [1.82, 2.24) is 15.5 Å². The van der Waals surface area contributed by atoms with Crippen LogP contribution in [-0.2, 0) is 11.3 Å². The molecule has 0 amide bonds. The van der Waals surface area contributed by atoms with E-state index in [1.54, 1.807) is 14.2 Å². The fourth-order valence-corrected chi connectivity index (χ4v) is 2.33. The highest BCUT2D eigenvalue weighted by molar-refractivity contribution is 14.0. The van der Waals surface area contributed by atoms with E-state index >= 15 is 0 Å². The van der Waals surface area contributed by atoms with Gasteiger partial charge in [0.2, 0.25) is 0 Å². The number of aliphatic imine (C=N–C) groups is 1. The van der Waals surface area contributed by atoms with Crippen molar-refractivity contribution in [2.24, 2.45) is 10.9 Å². The van der Waals surface area contributed by atoms with Gasteiger partial charge in [0.1, 0.15) is 5.75 Å². The Morgan fingerprint density at radius 2 is 1.85 bits per heavy atom. The number of hydrogen-bond acceptors (Lipinski definition) is 4. The van der Waals surface area contributed by atoms with E-state index in [-0.39, 0.29) is 24.0 Å². The second kappa shape index (κ2) is 15.9. The van der Waals surface area contributed by atoms with Crippen LogP contribution in [0.4, 0.5) is 0 Å². The first-order chi connectivity index (χ1) is 12.5. The van der Waals surface area contributed by atoms with Gasteiger partial charge in [-0.05, 0) is 37.1 Å². The lowest BCUT2D eigenvalue weighted by atomic mass is 10.2. The van der Waals surface area contributed by atoms with Crippen molar-refractivity contribution in [1.29, 1.82) is 0 Å². The zero-order valence-electron chi connectivity index (χ0n) is 17.5. The summed E-state index contributed by atoms with van der Waals surface area (Å²) in [5, 5.41) is 6.69. The minimum Gasteiger partial charge on any atom is -0.493 e. The van der Waals surface area contributed by atoms with Crippen molar-refractivity contribution in [2.45, 2.75) is 26.8 Å². The molecule has 6 nitrogen and oxygen atoms in total. The van der Waals surface area contributed by atoms with Crippen LogP contribution in [0.1, 0.15) is 25.8 Å². The number of ether oxygens (including phenoxy) is 2. The summed E-state index contributed by atoms with van der Waals surface area (Å²) in [4.78, 5) is 6.56. The predicted octanol–water partition coefficient (Wildman–Crippen LogP) is 2.97. The van der Waals surface area contributed by atoms with Crippen molar-refractivity contribution < 1.29 is 9.47 Å². The van der Waals surface area contributed by atoms with Gasteiger partial charge in [-0.2, -0.15) is 0 Å². The molecule has 156 valence electrons. The van der Waals surface area contributed by atoms with Gasteiger partial charge in [0, 0.05) is 46.9 Å².